The summed E-state index contributed by atoms with van der Waals surface area (Å²) in [5.74, 6) is 0. The Labute approximate surface area is 101 Å². The Morgan fingerprint density at radius 3 is 2.94 bits per heavy atom. The molecule has 1 aliphatic heterocycles. The van der Waals surface area contributed by atoms with Crippen molar-refractivity contribution in [1.82, 2.24) is 10.2 Å². The van der Waals surface area contributed by atoms with E-state index in [-0.39, 0.29) is 0 Å². The minimum absolute atomic E-state index is 0.395. The summed E-state index contributed by atoms with van der Waals surface area (Å²) in [5, 5.41) is 3.58. The summed E-state index contributed by atoms with van der Waals surface area (Å²) >= 11 is 0. The Kier molecular flexibility index (Phi) is 7.01. The van der Waals surface area contributed by atoms with Gasteiger partial charge >= 0.3 is 0 Å². The predicted molar refractivity (Wildman–Crippen MR) is 68.8 cm³/mol. The molecule has 3 nitrogen and oxygen atoms in total. The molecule has 96 valence electrons. The van der Waals surface area contributed by atoms with Crippen molar-refractivity contribution < 1.29 is 4.74 Å². The summed E-state index contributed by atoms with van der Waals surface area (Å²) in [5.41, 5.74) is 0. The first-order chi connectivity index (χ1) is 7.76. The molecule has 0 saturated carbocycles. The Morgan fingerprint density at radius 2 is 2.25 bits per heavy atom. The van der Waals surface area contributed by atoms with Crippen molar-refractivity contribution >= 4 is 0 Å². The molecule has 1 heterocycles. The van der Waals surface area contributed by atoms with Gasteiger partial charge in [-0.1, -0.05) is 20.3 Å². The van der Waals surface area contributed by atoms with Gasteiger partial charge in [-0.15, -0.1) is 0 Å². The van der Waals surface area contributed by atoms with Crippen molar-refractivity contribution in [3.8, 4) is 0 Å². The smallest absolute Gasteiger partial charge is 0.0673 e. The van der Waals surface area contributed by atoms with Crippen molar-refractivity contribution in [2.24, 2.45) is 0 Å². The third-order valence-corrected chi connectivity index (χ3v) is 3.14. The molecule has 2 atom stereocenters. The molecule has 0 aromatic rings. The molecule has 0 spiro atoms. The first-order valence-corrected chi connectivity index (χ1v) is 6.83. The Balaban J connectivity index is 2.35. The van der Waals surface area contributed by atoms with E-state index < -0.39 is 0 Å². The number of hydrogen-bond acceptors (Lipinski definition) is 3. The summed E-state index contributed by atoms with van der Waals surface area (Å²) in [7, 11) is 0. The molecule has 1 aliphatic rings. The fraction of sp³-hybridized carbons (Fsp3) is 1.00. The van der Waals surface area contributed by atoms with E-state index >= 15 is 0 Å². The van der Waals surface area contributed by atoms with Crippen LogP contribution in [0.2, 0.25) is 0 Å². The lowest BCUT2D eigenvalue weighted by Crippen LogP contribution is -2.43. The number of ether oxygens (including phenoxy) is 1. The summed E-state index contributed by atoms with van der Waals surface area (Å²) in [4.78, 5) is 2.56. The standard InChI is InChI=1S/C13H28N2O/c1-4-7-13(14-5-2)11-15-8-6-9-16-12(3)10-15/h12-14H,4-11H2,1-3H3. The van der Waals surface area contributed by atoms with Crippen LogP contribution in [0.15, 0.2) is 0 Å². The first-order valence-electron chi connectivity index (χ1n) is 6.83. The van der Waals surface area contributed by atoms with Gasteiger partial charge in [0.2, 0.25) is 0 Å². The average Bonchev–Trinajstić information content (AvgIpc) is 2.43. The lowest BCUT2D eigenvalue weighted by molar-refractivity contribution is 0.0663. The second kappa shape index (κ2) is 8.04. The van der Waals surface area contributed by atoms with Crippen LogP contribution >= 0.6 is 0 Å². The van der Waals surface area contributed by atoms with E-state index in [2.05, 4.69) is 31.0 Å². The maximum atomic E-state index is 5.67. The fourth-order valence-electron chi connectivity index (χ4n) is 2.45. The first kappa shape index (κ1) is 13.9. The van der Waals surface area contributed by atoms with E-state index in [0.717, 1.165) is 19.7 Å². The largest absolute Gasteiger partial charge is 0.377 e. The van der Waals surface area contributed by atoms with Crippen molar-refractivity contribution in [1.29, 1.82) is 0 Å². The average molecular weight is 228 g/mol. The van der Waals surface area contributed by atoms with Gasteiger partial charge in [-0.25, -0.2) is 0 Å². The lowest BCUT2D eigenvalue weighted by Gasteiger charge is -2.27. The third-order valence-electron chi connectivity index (χ3n) is 3.14. The zero-order chi connectivity index (χ0) is 11.8. The molecule has 3 heteroatoms. The highest BCUT2D eigenvalue weighted by Crippen LogP contribution is 2.08. The van der Waals surface area contributed by atoms with Crippen LogP contribution in [0.5, 0.6) is 0 Å². The molecule has 1 fully saturated rings. The topological polar surface area (TPSA) is 24.5 Å². The maximum absolute atomic E-state index is 5.67. The van der Waals surface area contributed by atoms with Gasteiger partial charge in [-0.3, -0.25) is 4.90 Å². The lowest BCUT2D eigenvalue weighted by atomic mass is 10.1. The summed E-state index contributed by atoms with van der Waals surface area (Å²) in [6.45, 7) is 12.1. The van der Waals surface area contributed by atoms with Crippen LogP contribution in [0.3, 0.4) is 0 Å². The minimum atomic E-state index is 0.395. The monoisotopic (exact) mass is 228 g/mol. The van der Waals surface area contributed by atoms with Crippen LogP contribution in [0.1, 0.15) is 40.0 Å². The zero-order valence-corrected chi connectivity index (χ0v) is 11.2. The number of hydrogen-bond donors (Lipinski definition) is 1. The predicted octanol–water partition coefficient (Wildman–Crippen LogP) is 1.88. The quantitative estimate of drug-likeness (QED) is 0.751. The van der Waals surface area contributed by atoms with Crippen molar-refractivity contribution in [2.45, 2.75) is 52.2 Å². The van der Waals surface area contributed by atoms with E-state index in [0.29, 0.717) is 12.1 Å². The molecule has 0 bridgehead atoms. The summed E-state index contributed by atoms with van der Waals surface area (Å²) in [6.07, 6.45) is 4.11. The summed E-state index contributed by atoms with van der Waals surface area (Å²) < 4.78 is 5.67. The molecule has 1 saturated heterocycles. The molecular weight excluding hydrogens is 200 g/mol. The van der Waals surface area contributed by atoms with E-state index in [1.54, 1.807) is 0 Å². The normalized spacial score (nSPS) is 25.3. The molecule has 2 unspecified atom stereocenters. The molecule has 16 heavy (non-hydrogen) atoms. The minimum Gasteiger partial charge on any atom is -0.377 e. The van der Waals surface area contributed by atoms with E-state index in [9.17, 15) is 0 Å². The zero-order valence-electron chi connectivity index (χ0n) is 11.2. The van der Waals surface area contributed by atoms with Gasteiger partial charge in [-0.2, -0.15) is 0 Å². The van der Waals surface area contributed by atoms with Crippen molar-refractivity contribution in [3.05, 3.63) is 0 Å². The summed E-state index contributed by atoms with van der Waals surface area (Å²) in [6, 6.07) is 0.653. The molecule has 0 radical (unpaired) electrons. The molecule has 0 aromatic heterocycles. The molecule has 1 rings (SSSR count). The Bertz CT molecular complexity index is 169. The number of nitrogens with zero attached hydrogens (tertiary/aromatic N) is 1. The highest BCUT2D eigenvalue weighted by Gasteiger charge is 2.17. The molecule has 1 N–H and O–H groups in total. The van der Waals surface area contributed by atoms with Gasteiger partial charge < -0.3 is 10.1 Å². The SMILES string of the molecule is CCCC(CN1CCCOC(C)C1)NCC. The van der Waals surface area contributed by atoms with Crippen LogP contribution in [-0.4, -0.2) is 49.8 Å². The van der Waals surface area contributed by atoms with Gasteiger partial charge in [0.25, 0.3) is 0 Å². The van der Waals surface area contributed by atoms with E-state index in [1.807, 2.05) is 0 Å². The van der Waals surface area contributed by atoms with E-state index in [1.165, 1.54) is 32.4 Å². The Morgan fingerprint density at radius 1 is 1.44 bits per heavy atom. The van der Waals surface area contributed by atoms with Crippen molar-refractivity contribution in [3.63, 3.8) is 0 Å². The number of rotatable bonds is 6. The second-order valence-corrected chi connectivity index (χ2v) is 4.84. The number of nitrogens with one attached hydrogen (secondary N) is 1. The number of likely N-dealkylation sites (N-methyl/N-ethyl adjacent to an activating group) is 1. The Hall–Kier alpha value is -0.120. The molecule has 0 aliphatic carbocycles. The second-order valence-electron chi connectivity index (χ2n) is 4.84. The van der Waals surface area contributed by atoms with Gasteiger partial charge in [0.05, 0.1) is 6.10 Å². The van der Waals surface area contributed by atoms with Crippen LogP contribution in [0.4, 0.5) is 0 Å². The van der Waals surface area contributed by atoms with Gasteiger partial charge in [0, 0.05) is 32.3 Å². The van der Waals surface area contributed by atoms with E-state index in [4.69, 9.17) is 4.74 Å². The van der Waals surface area contributed by atoms with Crippen LogP contribution < -0.4 is 5.32 Å². The molecule has 0 amide bonds. The van der Waals surface area contributed by atoms with Gasteiger partial charge in [-0.05, 0) is 26.3 Å². The highest BCUT2D eigenvalue weighted by molar-refractivity contribution is 4.74. The molecule has 0 aromatic carbocycles. The fourth-order valence-corrected chi connectivity index (χ4v) is 2.45. The van der Waals surface area contributed by atoms with Gasteiger partial charge in [0.15, 0.2) is 0 Å². The molecular formula is C13H28N2O. The van der Waals surface area contributed by atoms with Crippen LogP contribution in [-0.2, 0) is 4.74 Å². The third kappa shape index (κ3) is 5.28. The van der Waals surface area contributed by atoms with Crippen molar-refractivity contribution in [2.75, 3.05) is 32.8 Å². The maximum Gasteiger partial charge on any atom is 0.0673 e. The van der Waals surface area contributed by atoms with Crippen LogP contribution in [0.25, 0.3) is 0 Å². The van der Waals surface area contributed by atoms with Crippen LogP contribution in [0, 0.1) is 0 Å². The van der Waals surface area contributed by atoms with Gasteiger partial charge in [0.1, 0.15) is 0 Å². The highest BCUT2D eigenvalue weighted by atomic mass is 16.5.